The molecule has 1 aromatic carbocycles. The molecule has 1 heterocycles. The highest BCUT2D eigenvalue weighted by Gasteiger charge is 2.31. The molecule has 0 spiro atoms. The monoisotopic (exact) mass is 233 g/mol. The number of benzene rings is 1. The van der Waals surface area contributed by atoms with E-state index in [0.29, 0.717) is 5.92 Å². The van der Waals surface area contributed by atoms with E-state index in [1.807, 2.05) is 0 Å². The van der Waals surface area contributed by atoms with Gasteiger partial charge < -0.3 is 10.5 Å². The maximum atomic E-state index is 6.43. The fourth-order valence-electron chi connectivity index (χ4n) is 2.79. The molecule has 94 valence electrons. The van der Waals surface area contributed by atoms with Crippen molar-refractivity contribution in [3.05, 3.63) is 34.4 Å². The number of ether oxygens (including phenoxy) is 1. The first-order valence-electron chi connectivity index (χ1n) is 6.45. The zero-order chi connectivity index (χ0) is 12.6. The van der Waals surface area contributed by atoms with Crippen molar-refractivity contribution in [1.29, 1.82) is 0 Å². The Hall–Kier alpha value is -0.860. The van der Waals surface area contributed by atoms with Gasteiger partial charge in [0.05, 0.1) is 6.10 Å². The Bertz CT molecular complexity index is 414. The highest BCUT2D eigenvalue weighted by Crippen LogP contribution is 2.33. The molecule has 0 saturated carbocycles. The topological polar surface area (TPSA) is 35.2 Å². The van der Waals surface area contributed by atoms with Gasteiger partial charge in [-0.15, -0.1) is 0 Å². The van der Waals surface area contributed by atoms with Gasteiger partial charge in [-0.3, -0.25) is 0 Å². The molecule has 1 aliphatic heterocycles. The quantitative estimate of drug-likeness (QED) is 0.852. The van der Waals surface area contributed by atoms with E-state index in [1.54, 1.807) is 0 Å². The fourth-order valence-corrected chi connectivity index (χ4v) is 2.79. The third-order valence-corrected chi connectivity index (χ3v) is 4.14. The fraction of sp³-hybridized carbons (Fsp3) is 0.600. The molecular formula is C15H23NO. The Morgan fingerprint density at radius 2 is 1.82 bits per heavy atom. The summed E-state index contributed by atoms with van der Waals surface area (Å²) in [6.45, 7) is 9.44. The number of nitrogens with two attached hydrogens (primary N) is 1. The van der Waals surface area contributed by atoms with Gasteiger partial charge in [0.25, 0.3) is 0 Å². The maximum Gasteiger partial charge on any atom is 0.0594 e. The minimum absolute atomic E-state index is 0.104. The predicted molar refractivity (Wildman–Crippen MR) is 71.1 cm³/mol. The Balaban J connectivity index is 2.30. The summed E-state index contributed by atoms with van der Waals surface area (Å²) in [5, 5.41) is 0. The van der Waals surface area contributed by atoms with Gasteiger partial charge in [-0.2, -0.15) is 0 Å². The first-order valence-corrected chi connectivity index (χ1v) is 6.45. The van der Waals surface area contributed by atoms with E-state index in [-0.39, 0.29) is 12.1 Å². The highest BCUT2D eigenvalue weighted by atomic mass is 16.5. The second-order valence-corrected chi connectivity index (χ2v) is 5.35. The van der Waals surface area contributed by atoms with Crippen molar-refractivity contribution < 1.29 is 4.74 Å². The van der Waals surface area contributed by atoms with Crippen LogP contribution in [0.15, 0.2) is 12.1 Å². The largest absolute Gasteiger partial charge is 0.378 e. The van der Waals surface area contributed by atoms with Crippen molar-refractivity contribution in [2.45, 2.75) is 46.3 Å². The molecule has 0 aromatic heterocycles. The molecule has 1 fully saturated rings. The molecule has 3 unspecified atom stereocenters. The van der Waals surface area contributed by atoms with Gasteiger partial charge in [0, 0.05) is 18.6 Å². The number of hydrogen-bond acceptors (Lipinski definition) is 2. The first-order chi connectivity index (χ1) is 8.00. The van der Waals surface area contributed by atoms with E-state index in [0.717, 1.165) is 13.0 Å². The van der Waals surface area contributed by atoms with Crippen molar-refractivity contribution in [2.24, 2.45) is 11.7 Å². The molecule has 2 rings (SSSR count). The summed E-state index contributed by atoms with van der Waals surface area (Å²) in [7, 11) is 0. The number of rotatable bonds is 2. The Labute approximate surface area is 104 Å². The van der Waals surface area contributed by atoms with Crippen LogP contribution in [0.1, 0.15) is 41.6 Å². The first kappa shape index (κ1) is 12.6. The summed E-state index contributed by atoms with van der Waals surface area (Å²) in [6.07, 6.45) is 1.36. The third-order valence-electron chi connectivity index (χ3n) is 4.14. The summed E-state index contributed by atoms with van der Waals surface area (Å²) >= 11 is 0. The molecule has 1 aromatic rings. The summed E-state index contributed by atoms with van der Waals surface area (Å²) in [5.41, 5.74) is 11.7. The van der Waals surface area contributed by atoms with Crippen LogP contribution in [0, 0.1) is 26.7 Å². The van der Waals surface area contributed by atoms with Crippen LogP contribution in [-0.2, 0) is 4.74 Å². The van der Waals surface area contributed by atoms with Gasteiger partial charge in [0.1, 0.15) is 0 Å². The molecule has 17 heavy (non-hydrogen) atoms. The van der Waals surface area contributed by atoms with Crippen molar-refractivity contribution in [1.82, 2.24) is 0 Å². The zero-order valence-corrected chi connectivity index (χ0v) is 11.3. The van der Waals surface area contributed by atoms with Crippen molar-refractivity contribution in [2.75, 3.05) is 6.61 Å². The normalized spacial score (nSPS) is 26.2. The van der Waals surface area contributed by atoms with Gasteiger partial charge in [0.15, 0.2) is 0 Å². The second kappa shape index (κ2) is 4.79. The van der Waals surface area contributed by atoms with Crippen LogP contribution in [0.2, 0.25) is 0 Å². The standard InChI is InChI=1S/C15H23NO/c1-9-7-11(3)14(8-10(9)2)15(16)13-5-6-17-12(13)4/h7-8,12-13,15H,5-6,16H2,1-4H3. The van der Waals surface area contributed by atoms with Crippen LogP contribution in [0.5, 0.6) is 0 Å². The van der Waals surface area contributed by atoms with Crippen molar-refractivity contribution >= 4 is 0 Å². The lowest BCUT2D eigenvalue weighted by Gasteiger charge is -2.24. The van der Waals surface area contributed by atoms with Crippen LogP contribution in [0.25, 0.3) is 0 Å². The number of hydrogen-bond donors (Lipinski definition) is 1. The number of aryl methyl sites for hydroxylation is 3. The molecule has 2 heteroatoms. The second-order valence-electron chi connectivity index (χ2n) is 5.35. The average molecular weight is 233 g/mol. The van der Waals surface area contributed by atoms with Gasteiger partial charge >= 0.3 is 0 Å². The minimum Gasteiger partial charge on any atom is -0.378 e. The van der Waals surface area contributed by atoms with E-state index in [4.69, 9.17) is 10.5 Å². The summed E-state index contributed by atoms with van der Waals surface area (Å²) in [4.78, 5) is 0. The zero-order valence-electron chi connectivity index (χ0n) is 11.3. The Kier molecular flexibility index (Phi) is 3.55. The van der Waals surface area contributed by atoms with Gasteiger partial charge in [0.2, 0.25) is 0 Å². The predicted octanol–water partition coefficient (Wildman–Crippen LogP) is 3.04. The average Bonchev–Trinajstić information content (AvgIpc) is 2.69. The van der Waals surface area contributed by atoms with Crippen LogP contribution >= 0.6 is 0 Å². The molecule has 2 nitrogen and oxygen atoms in total. The van der Waals surface area contributed by atoms with Gasteiger partial charge in [-0.05, 0) is 56.4 Å². The van der Waals surface area contributed by atoms with Crippen molar-refractivity contribution in [3.63, 3.8) is 0 Å². The van der Waals surface area contributed by atoms with Gasteiger partial charge in [-0.25, -0.2) is 0 Å². The Morgan fingerprint density at radius 1 is 1.18 bits per heavy atom. The molecule has 3 atom stereocenters. The van der Waals surface area contributed by atoms with Crippen LogP contribution in [0.3, 0.4) is 0 Å². The van der Waals surface area contributed by atoms with E-state index < -0.39 is 0 Å². The summed E-state index contributed by atoms with van der Waals surface area (Å²) in [5.74, 6) is 0.454. The van der Waals surface area contributed by atoms with E-state index >= 15 is 0 Å². The van der Waals surface area contributed by atoms with Gasteiger partial charge in [-0.1, -0.05) is 12.1 Å². The highest BCUT2D eigenvalue weighted by molar-refractivity contribution is 5.38. The molecule has 2 N–H and O–H groups in total. The smallest absolute Gasteiger partial charge is 0.0594 e. The van der Waals surface area contributed by atoms with E-state index in [2.05, 4.69) is 39.8 Å². The van der Waals surface area contributed by atoms with Crippen LogP contribution in [-0.4, -0.2) is 12.7 Å². The Morgan fingerprint density at radius 3 is 2.41 bits per heavy atom. The SMILES string of the molecule is Cc1cc(C)c(C(N)C2CCOC2C)cc1C. The lowest BCUT2D eigenvalue weighted by Crippen LogP contribution is -2.27. The molecule has 0 radical (unpaired) electrons. The lowest BCUT2D eigenvalue weighted by atomic mass is 9.85. The third kappa shape index (κ3) is 2.38. The maximum absolute atomic E-state index is 6.43. The van der Waals surface area contributed by atoms with E-state index in [9.17, 15) is 0 Å². The lowest BCUT2D eigenvalue weighted by molar-refractivity contribution is 0.0994. The van der Waals surface area contributed by atoms with Crippen LogP contribution < -0.4 is 5.73 Å². The molecule has 1 aliphatic rings. The molecular weight excluding hydrogens is 210 g/mol. The molecule has 0 aliphatic carbocycles. The molecule has 1 saturated heterocycles. The van der Waals surface area contributed by atoms with E-state index in [1.165, 1.54) is 22.3 Å². The molecule has 0 amide bonds. The summed E-state index contributed by atoms with van der Waals surface area (Å²) < 4.78 is 5.62. The summed E-state index contributed by atoms with van der Waals surface area (Å²) in [6, 6.07) is 4.59. The molecule has 0 bridgehead atoms. The minimum atomic E-state index is 0.104. The van der Waals surface area contributed by atoms with Crippen molar-refractivity contribution in [3.8, 4) is 0 Å². The van der Waals surface area contributed by atoms with Crippen LogP contribution in [0.4, 0.5) is 0 Å².